The minimum atomic E-state index is 0.434. The summed E-state index contributed by atoms with van der Waals surface area (Å²) >= 11 is 0. The standard InChI is InChI=1S/C9H21N2PS/c1-5-13(8-9(2,3)4)12-7-6-11-10/h11H,5-6,8,10H2,1-4H3. The summed E-state index contributed by atoms with van der Waals surface area (Å²) in [5.74, 6) is 7.70. The molecule has 0 spiro atoms. The molecule has 0 aliphatic rings. The SMILES string of the molecule is CCS(CC(C)(C)C)=P#CCNN. The predicted octanol–water partition coefficient (Wildman–Crippen LogP) is 1.95. The van der Waals surface area contributed by atoms with Gasteiger partial charge in [0.1, 0.15) is 0 Å². The van der Waals surface area contributed by atoms with E-state index in [4.69, 9.17) is 5.84 Å². The molecule has 0 amide bonds. The summed E-state index contributed by atoms with van der Waals surface area (Å²) in [7, 11) is 0.463. The van der Waals surface area contributed by atoms with E-state index >= 15 is 0 Å². The minimum absolute atomic E-state index is 0.434. The van der Waals surface area contributed by atoms with Crippen molar-refractivity contribution in [2.45, 2.75) is 27.7 Å². The maximum atomic E-state index is 5.17. The van der Waals surface area contributed by atoms with Crippen LogP contribution >= 0.6 is 6.81 Å². The molecule has 0 fully saturated rings. The Labute approximate surface area is 85.3 Å². The van der Waals surface area contributed by atoms with Crippen molar-refractivity contribution in [3.63, 3.8) is 0 Å². The van der Waals surface area contributed by atoms with Crippen LogP contribution in [0.5, 0.6) is 0 Å². The number of hydrogen-bond donors (Lipinski definition) is 2. The Hall–Kier alpha value is 0.480. The third-order valence-electron chi connectivity index (χ3n) is 1.31. The molecule has 0 aliphatic heterocycles. The summed E-state index contributed by atoms with van der Waals surface area (Å²) < 4.78 is 0. The summed E-state index contributed by atoms with van der Waals surface area (Å²) in [4.78, 5) is 0. The predicted molar refractivity (Wildman–Crippen MR) is 65.2 cm³/mol. The van der Waals surface area contributed by atoms with Crippen LogP contribution in [0.1, 0.15) is 27.7 Å². The van der Waals surface area contributed by atoms with Crippen molar-refractivity contribution in [2.75, 3.05) is 18.1 Å². The zero-order valence-corrected chi connectivity index (χ0v) is 10.8. The molecule has 13 heavy (non-hydrogen) atoms. The molecule has 0 radical (unpaired) electrons. The summed E-state index contributed by atoms with van der Waals surface area (Å²) in [6.07, 6.45) is 0. The van der Waals surface area contributed by atoms with Crippen LogP contribution < -0.4 is 11.3 Å². The Balaban J connectivity index is 4.37. The van der Waals surface area contributed by atoms with Crippen LogP contribution in [-0.2, 0) is 10.1 Å². The first kappa shape index (κ1) is 13.5. The van der Waals surface area contributed by atoms with Gasteiger partial charge in [-0.3, -0.25) is 0 Å². The summed E-state index contributed by atoms with van der Waals surface area (Å²) in [6, 6.07) is 0. The Bertz CT molecular complexity index is 248. The van der Waals surface area contributed by atoms with E-state index in [0.717, 1.165) is 0 Å². The van der Waals surface area contributed by atoms with Gasteiger partial charge in [0.15, 0.2) is 0 Å². The fourth-order valence-electron chi connectivity index (χ4n) is 0.868. The number of nitrogens with one attached hydrogen (secondary N) is 1. The second-order valence-electron chi connectivity index (χ2n) is 4.09. The fraction of sp³-hybridized carbons (Fsp3) is 0.889. The molecule has 0 aromatic heterocycles. The number of nitrogens with two attached hydrogens (primary N) is 1. The topological polar surface area (TPSA) is 38.0 Å². The third kappa shape index (κ3) is 8.80. The summed E-state index contributed by atoms with van der Waals surface area (Å²) in [5, 5.41) is 0. The van der Waals surface area contributed by atoms with Gasteiger partial charge in [-0.25, -0.2) is 0 Å². The van der Waals surface area contributed by atoms with Crippen LogP contribution in [-0.4, -0.2) is 18.1 Å². The molecule has 0 aromatic carbocycles. The van der Waals surface area contributed by atoms with Gasteiger partial charge >= 0.3 is 84.9 Å². The van der Waals surface area contributed by atoms with Gasteiger partial charge < -0.3 is 0 Å². The van der Waals surface area contributed by atoms with Crippen LogP contribution in [0, 0.1) is 11.0 Å². The van der Waals surface area contributed by atoms with Gasteiger partial charge in [-0.15, -0.1) is 0 Å². The molecule has 0 heterocycles. The molecule has 0 aliphatic carbocycles. The molecule has 0 saturated carbocycles. The number of rotatable bonds is 3. The van der Waals surface area contributed by atoms with Gasteiger partial charge in [-0.05, 0) is 0 Å². The molecule has 0 bridgehead atoms. The van der Waals surface area contributed by atoms with Crippen LogP contribution in [0.4, 0.5) is 0 Å². The Morgan fingerprint density at radius 2 is 2.08 bits per heavy atom. The Morgan fingerprint density at radius 3 is 2.46 bits per heavy atom. The molecule has 1 atom stereocenters. The Morgan fingerprint density at radius 1 is 1.46 bits per heavy atom. The van der Waals surface area contributed by atoms with E-state index in [1.165, 1.54) is 18.3 Å². The van der Waals surface area contributed by atoms with Crippen molar-refractivity contribution >= 4 is 16.9 Å². The van der Waals surface area contributed by atoms with Crippen molar-refractivity contribution in [3.8, 4) is 5.63 Å². The Kier molecular flexibility index (Phi) is 7.12. The molecule has 1 unspecified atom stereocenters. The van der Waals surface area contributed by atoms with Crippen LogP contribution in [0.15, 0.2) is 0 Å². The van der Waals surface area contributed by atoms with E-state index in [2.05, 4.69) is 38.7 Å². The molecule has 3 N–H and O–H groups in total. The molecule has 2 nitrogen and oxygen atoms in total. The molecular weight excluding hydrogens is 199 g/mol. The first-order valence-corrected chi connectivity index (χ1v) is 7.60. The maximum absolute atomic E-state index is 5.17. The van der Waals surface area contributed by atoms with Gasteiger partial charge in [-0.2, -0.15) is 0 Å². The van der Waals surface area contributed by atoms with Crippen LogP contribution in [0.3, 0.4) is 0 Å². The molecular formula is C9H21N2PS. The monoisotopic (exact) mass is 220 g/mol. The van der Waals surface area contributed by atoms with Gasteiger partial charge in [0.05, 0.1) is 0 Å². The second kappa shape index (κ2) is 6.86. The van der Waals surface area contributed by atoms with E-state index in [1.807, 2.05) is 0 Å². The number of hydrogen-bond acceptors (Lipinski definition) is 2. The van der Waals surface area contributed by atoms with E-state index in [-0.39, 0.29) is 0 Å². The van der Waals surface area contributed by atoms with E-state index < -0.39 is 0 Å². The van der Waals surface area contributed by atoms with Crippen LogP contribution in [0.2, 0.25) is 0 Å². The molecule has 4 heteroatoms. The zero-order valence-electron chi connectivity index (χ0n) is 9.05. The van der Waals surface area contributed by atoms with E-state index in [9.17, 15) is 0 Å². The van der Waals surface area contributed by atoms with Crippen molar-refractivity contribution in [3.05, 3.63) is 0 Å². The fourth-order valence-corrected chi connectivity index (χ4v) is 5.09. The van der Waals surface area contributed by atoms with E-state index in [0.29, 0.717) is 22.0 Å². The van der Waals surface area contributed by atoms with Gasteiger partial charge in [0.25, 0.3) is 0 Å². The van der Waals surface area contributed by atoms with Gasteiger partial charge in [-0.1, -0.05) is 0 Å². The van der Waals surface area contributed by atoms with Gasteiger partial charge in [0, 0.05) is 0 Å². The number of hydrazine groups is 1. The van der Waals surface area contributed by atoms with Crippen LogP contribution in [0.25, 0.3) is 0 Å². The molecule has 0 rings (SSSR count). The third-order valence-corrected chi connectivity index (χ3v) is 6.04. The van der Waals surface area contributed by atoms with E-state index in [1.54, 1.807) is 0 Å². The molecule has 78 valence electrons. The molecule has 0 saturated heterocycles. The summed E-state index contributed by atoms with van der Waals surface area (Å²) in [6.45, 7) is 11.1. The normalized spacial score (nSPS) is 13.6. The second-order valence-corrected chi connectivity index (χ2v) is 8.47. The zero-order chi connectivity index (χ0) is 10.3. The average molecular weight is 220 g/mol. The van der Waals surface area contributed by atoms with Gasteiger partial charge in [0.2, 0.25) is 0 Å². The van der Waals surface area contributed by atoms with Crippen molar-refractivity contribution in [2.24, 2.45) is 11.3 Å². The summed E-state index contributed by atoms with van der Waals surface area (Å²) in [5.41, 5.74) is 6.29. The molecule has 0 aromatic rings. The van der Waals surface area contributed by atoms with Crippen molar-refractivity contribution in [1.29, 1.82) is 0 Å². The van der Waals surface area contributed by atoms with Crippen molar-refractivity contribution < 1.29 is 0 Å². The first-order valence-electron chi connectivity index (χ1n) is 4.54. The average Bonchev–Trinajstić information content (AvgIpc) is 2.01. The first-order chi connectivity index (χ1) is 5.99. The quantitative estimate of drug-likeness (QED) is 0.433. The van der Waals surface area contributed by atoms with Crippen molar-refractivity contribution in [1.82, 2.24) is 5.43 Å².